The molecule has 2 heterocycles. The Morgan fingerprint density at radius 1 is 1.17 bits per heavy atom. The molecule has 0 unspecified atom stereocenters. The molecule has 0 saturated carbocycles. The number of carbonyl (C=O) groups excluding carboxylic acids is 1. The highest BCUT2D eigenvalue weighted by atomic mass is 32.1. The van der Waals surface area contributed by atoms with Crippen molar-refractivity contribution >= 4 is 49.7 Å². The van der Waals surface area contributed by atoms with Crippen molar-refractivity contribution in [3.63, 3.8) is 0 Å². The monoisotopic (exact) mass is 417 g/mol. The van der Waals surface area contributed by atoms with E-state index in [4.69, 9.17) is 10.5 Å². The number of ether oxygens (including phenoxy) is 1. The van der Waals surface area contributed by atoms with Gasteiger partial charge in [0, 0.05) is 22.5 Å². The minimum Gasteiger partial charge on any atom is -0.497 e. The van der Waals surface area contributed by atoms with Crippen molar-refractivity contribution in [2.45, 2.75) is 6.18 Å². The van der Waals surface area contributed by atoms with Crippen molar-refractivity contribution in [3.05, 3.63) is 59.0 Å². The topological polar surface area (TPSA) is 77.2 Å². The Bertz CT molecular complexity index is 1250. The summed E-state index contributed by atoms with van der Waals surface area (Å²) in [6.45, 7) is 0. The number of halogens is 3. The van der Waals surface area contributed by atoms with E-state index in [0.29, 0.717) is 21.5 Å². The zero-order valence-electron chi connectivity index (χ0n) is 15.0. The third kappa shape index (κ3) is 3.56. The third-order valence-corrected chi connectivity index (χ3v) is 5.49. The number of benzene rings is 2. The molecule has 2 aromatic heterocycles. The van der Waals surface area contributed by atoms with Gasteiger partial charge in [0.05, 0.1) is 23.9 Å². The van der Waals surface area contributed by atoms with Gasteiger partial charge in [0.1, 0.15) is 15.5 Å². The molecule has 0 aliphatic rings. The summed E-state index contributed by atoms with van der Waals surface area (Å²) in [6, 6.07) is 11.6. The van der Waals surface area contributed by atoms with Crippen LogP contribution in [0, 0.1) is 0 Å². The van der Waals surface area contributed by atoms with Gasteiger partial charge in [-0.15, -0.1) is 11.3 Å². The SMILES string of the molecule is COc1ccc2cc3c(N)c(C(=O)Nc4cccc(C(F)(F)F)c4)sc3nc2c1. The number of aromatic nitrogens is 1. The molecule has 5 nitrogen and oxygen atoms in total. The number of nitrogens with two attached hydrogens (primary N) is 1. The largest absolute Gasteiger partial charge is 0.497 e. The average Bonchev–Trinajstić information content (AvgIpc) is 3.01. The van der Waals surface area contributed by atoms with E-state index in [1.54, 1.807) is 19.2 Å². The fourth-order valence-corrected chi connectivity index (χ4v) is 3.91. The average molecular weight is 417 g/mol. The first-order valence-electron chi connectivity index (χ1n) is 8.41. The molecule has 4 rings (SSSR count). The van der Waals surface area contributed by atoms with Crippen LogP contribution >= 0.6 is 11.3 Å². The first-order valence-corrected chi connectivity index (χ1v) is 9.23. The zero-order valence-corrected chi connectivity index (χ0v) is 15.8. The summed E-state index contributed by atoms with van der Waals surface area (Å²) in [5.41, 5.74) is 6.25. The van der Waals surface area contributed by atoms with Gasteiger partial charge in [0.25, 0.3) is 5.91 Å². The number of pyridine rings is 1. The maximum absolute atomic E-state index is 12.9. The number of hydrogen-bond donors (Lipinski definition) is 2. The molecular weight excluding hydrogens is 403 g/mol. The number of thiophene rings is 1. The maximum atomic E-state index is 12.9. The minimum atomic E-state index is -4.50. The quantitative estimate of drug-likeness (QED) is 0.474. The Balaban J connectivity index is 1.71. The lowest BCUT2D eigenvalue weighted by molar-refractivity contribution is -0.137. The van der Waals surface area contributed by atoms with E-state index >= 15 is 0 Å². The number of nitrogens with one attached hydrogen (secondary N) is 1. The van der Waals surface area contributed by atoms with Crippen molar-refractivity contribution in [3.8, 4) is 5.75 Å². The van der Waals surface area contributed by atoms with Gasteiger partial charge in [-0.2, -0.15) is 13.2 Å². The molecule has 0 bridgehead atoms. The second-order valence-corrected chi connectivity index (χ2v) is 7.28. The summed E-state index contributed by atoms with van der Waals surface area (Å²) in [6.07, 6.45) is -4.50. The van der Waals surface area contributed by atoms with Crippen molar-refractivity contribution in [1.29, 1.82) is 0 Å². The van der Waals surface area contributed by atoms with E-state index in [0.717, 1.165) is 28.9 Å². The van der Waals surface area contributed by atoms with Gasteiger partial charge in [-0.05, 0) is 36.4 Å². The molecule has 0 aliphatic heterocycles. The second kappa shape index (κ2) is 6.93. The number of nitrogens with zero attached hydrogens (tertiary/aromatic N) is 1. The number of nitrogen functional groups attached to an aromatic ring is 1. The summed E-state index contributed by atoms with van der Waals surface area (Å²) in [4.78, 5) is 17.9. The Kier molecular flexibility index (Phi) is 4.54. The lowest BCUT2D eigenvalue weighted by Crippen LogP contribution is -2.13. The molecule has 0 saturated heterocycles. The molecule has 1 amide bonds. The number of alkyl halides is 3. The predicted molar refractivity (Wildman–Crippen MR) is 107 cm³/mol. The predicted octanol–water partition coefficient (Wildman–Crippen LogP) is 5.31. The lowest BCUT2D eigenvalue weighted by atomic mass is 10.1. The summed E-state index contributed by atoms with van der Waals surface area (Å²) in [7, 11) is 1.55. The van der Waals surface area contributed by atoms with Crippen LogP contribution in [0.3, 0.4) is 0 Å². The third-order valence-electron chi connectivity index (χ3n) is 4.38. The van der Waals surface area contributed by atoms with Gasteiger partial charge in [-0.3, -0.25) is 4.79 Å². The van der Waals surface area contributed by atoms with Crippen LogP contribution in [-0.2, 0) is 6.18 Å². The summed E-state index contributed by atoms with van der Waals surface area (Å²) in [5, 5.41) is 3.92. The molecule has 0 aliphatic carbocycles. The molecular formula is C20H14F3N3O2S. The summed E-state index contributed by atoms with van der Waals surface area (Å²) in [5.74, 6) is 0.0582. The van der Waals surface area contributed by atoms with E-state index in [2.05, 4.69) is 10.3 Å². The Labute approximate surface area is 166 Å². The smallest absolute Gasteiger partial charge is 0.416 e. The van der Waals surface area contributed by atoms with Crippen LogP contribution in [0.1, 0.15) is 15.2 Å². The number of carbonyl (C=O) groups is 1. The van der Waals surface area contributed by atoms with Gasteiger partial charge in [-0.1, -0.05) is 6.07 Å². The first-order chi connectivity index (χ1) is 13.8. The van der Waals surface area contributed by atoms with Crippen LogP contribution in [0.4, 0.5) is 24.5 Å². The van der Waals surface area contributed by atoms with Crippen LogP contribution < -0.4 is 15.8 Å². The van der Waals surface area contributed by atoms with Crippen LogP contribution in [-0.4, -0.2) is 18.0 Å². The van der Waals surface area contributed by atoms with Crippen molar-refractivity contribution < 1.29 is 22.7 Å². The van der Waals surface area contributed by atoms with Gasteiger partial charge < -0.3 is 15.8 Å². The van der Waals surface area contributed by atoms with Crippen molar-refractivity contribution in [2.24, 2.45) is 0 Å². The molecule has 9 heteroatoms. The van der Waals surface area contributed by atoms with Crippen molar-refractivity contribution in [2.75, 3.05) is 18.2 Å². The number of fused-ring (bicyclic) bond motifs is 2. The highest BCUT2D eigenvalue weighted by Gasteiger charge is 2.30. The number of amides is 1. The number of anilines is 2. The first kappa shape index (κ1) is 19.0. The number of rotatable bonds is 3. The maximum Gasteiger partial charge on any atom is 0.416 e. The fourth-order valence-electron chi connectivity index (χ4n) is 2.93. The van der Waals surface area contributed by atoms with E-state index in [1.165, 1.54) is 12.1 Å². The van der Waals surface area contributed by atoms with Gasteiger partial charge in [0.2, 0.25) is 0 Å². The normalized spacial score (nSPS) is 11.7. The highest BCUT2D eigenvalue weighted by Crippen LogP contribution is 2.36. The molecule has 3 N–H and O–H groups in total. The van der Waals surface area contributed by atoms with Crippen LogP contribution in [0.5, 0.6) is 5.75 Å². The minimum absolute atomic E-state index is 0.0320. The molecule has 0 spiro atoms. The van der Waals surface area contributed by atoms with Crippen LogP contribution in [0.15, 0.2) is 48.5 Å². The van der Waals surface area contributed by atoms with Gasteiger partial charge >= 0.3 is 6.18 Å². The van der Waals surface area contributed by atoms with Crippen LogP contribution in [0.2, 0.25) is 0 Å². The van der Waals surface area contributed by atoms with E-state index in [1.807, 2.05) is 12.1 Å². The Morgan fingerprint density at radius 3 is 2.69 bits per heavy atom. The lowest BCUT2D eigenvalue weighted by Gasteiger charge is -2.09. The van der Waals surface area contributed by atoms with E-state index in [-0.39, 0.29) is 16.3 Å². The van der Waals surface area contributed by atoms with Crippen molar-refractivity contribution in [1.82, 2.24) is 4.98 Å². The molecule has 0 atom stereocenters. The summed E-state index contributed by atoms with van der Waals surface area (Å²) >= 11 is 1.08. The molecule has 4 aromatic rings. The second-order valence-electron chi connectivity index (χ2n) is 6.28. The van der Waals surface area contributed by atoms with E-state index < -0.39 is 17.6 Å². The highest BCUT2D eigenvalue weighted by molar-refractivity contribution is 7.21. The Morgan fingerprint density at radius 2 is 1.97 bits per heavy atom. The fraction of sp³-hybridized carbons (Fsp3) is 0.100. The number of hydrogen-bond acceptors (Lipinski definition) is 5. The summed E-state index contributed by atoms with van der Waals surface area (Å²) < 4.78 is 43.8. The molecule has 148 valence electrons. The standard InChI is InChI=1S/C20H14F3N3O2S/c1-28-13-6-5-10-7-14-16(24)17(29-19(14)26-15(10)9-13)18(27)25-12-4-2-3-11(8-12)20(21,22)23/h2-9H,24H2,1H3,(H,25,27). The van der Waals surface area contributed by atoms with Gasteiger partial charge in [0.15, 0.2) is 0 Å². The van der Waals surface area contributed by atoms with Crippen LogP contribution in [0.25, 0.3) is 21.1 Å². The molecule has 29 heavy (non-hydrogen) atoms. The molecule has 0 radical (unpaired) electrons. The zero-order chi connectivity index (χ0) is 20.8. The van der Waals surface area contributed by atoms with Gasteiger partial charge in [-0.25, -0.2) is 4.98 Å². The van der Waals surface area contributed by atoms with E-state index in [9.17, 15) is 18.0 Å². The Hall–Kier alpha value is -3.33. The molecule has 0 fully saturated rings. The molecule has 2 aromatic carbocycles. The number of methoxy groups -OCH3 is 1.